The molecule has 0 heterocycles. The van der Waals surface area contributed by atoms with Crippen molar-refractivity contribution in [2.75, 3.05) is 0 Å². The van der Waals surface area contributed by atoms with Gasteiger partial charge in [0, 0.05) is 11.6 Å². The summed E-state index contributed by atoms with van der Waals surface area (Å²) in [5.41, 5.74) is 8.21. The molecule has 0 aliphatic carbocycles. The summed E-state index contributed by atoms with van der Waals surface area (Å²) >= 11 is 5.91. The molecule has 0 atom stereocenters. The largest absolute Gasteiger partial charge is 0.326 e. The van der Waals surface area contributed by atoms with Crippen LogP contribution in [0.25, 0.3) is 11.1 Å². The molecule has 0 radical (unpaired) electrons. The van der Waals surface area contributed by atoms with Crippen LogP contribution in [-0.2, 0) is 6.54 Å². The lowest BCUT2D eigenvalue weighted by atomic mass is 9.99. The quantitative estimate of drug-likeness (QED) is 0.846. The summed E-state index contributed by atoms with van der Waals surface area (Å²) in [6.45, 7) is 0.377. The van der Waals surface area contributed by atoms with Gasteiger partial charge in [0.15, 0.2) is 0 Å². The maximum absolute atomic E-state index is 13.2. The van der Waals surface area contributed by atoms with Gasteiger partial charge in [-0.1, -0.05) is 29.8 Å². The van der Waals surface area contributed by atoms with Crippen molar-refractivity contribution in [1.29, 1.82) is 0 Å². The zero-order chi connectivity index (χ0) is 11.5. The lowest BCUT2D eigenvalue weighted by Gasteiger charge is -2.08. The van der Waals surface area contributed by atoms with E-state index in [1.165, 1.54) is 12.1 Å². The molecular formula is C13H11ClFN. The molecule has 2 N–H and O–H groups in total. The molecule has 2 aromatic carbocycles. The first-order chi connectivity index (χ1) is 7.70. The molecule has 3 heteroatoms. The zero-order valence-electron chi connectivity index (χ0n) is 8.58. The number of halogens is 2. The minimum atomic E-state index is -0.271. The molecule has 82 valence electrons. The fraction of sp³-hybridized carbons (Fsp3) is 0.0769. The number of rotatable bonds is 2. The highest BCUT2D eigenvalue weighted by atomic mass is 35.5. The summed E-state index contributed by atoms with van der Waals surface area (Å²) in [5, 5.41) is 0.629. The Morgan fingerprint density at radius 1 is 1.12 bits per heavy atom. The van der Waals surface area contributed by atoms with E-state index in [0.717, 1.165) is 16.7 Å². The molecule has 0 aromatic heterocycles. The fourth-order valence-electron chi connectivity index (χ4n) is 1.65. The Labute approximate surface area is 98.7 Å². The van der Waals surface area contributed by atoms with Gasteiger partial charge < -0.3 is 5.73 Å². The molecule has 0 saturated carbocycles. The van der Waals surface area contributed by atoms with Crippen LogP contribution in [0, 0.1) is 5.82 Å². The molecule has 0 fully saturated rings. The van der Waals surface area contributed by atoms with Crippen LogP contribution in [0.1, 0.15) is 5.56 Å². The van der Waals surface area contributed by atoms with Gasteiger partial charge in [-0.15, -0.1) is 0 Å². The van der Waals surface area contributed by atoms with Crippen LogP contribution in [0.15, 0.2) is 42.5 Å². The molecule has 1 nitrogen and oxygen atoms in total. The van der Waals surface area contributed by atoms with Crippen LogP contribution in [0.3, 0.4) is 0 Å². The third kappa shape index (κ3) is 2.23. The van der Waals surface area contributed by atoms with Crippen LogP contribution >= 0.6 is 11.6 Å². The van der Waals surface area contributed by atoms with Crippen molar-refractivity contribution in [3.63, 3.8) is 0 Å². The van der Waals surface area contributed by atoms with E-state index >= 15 is 0 Å². The highest BCUT2D eigenvalue weighted by molar-refractivity contribution is 6.30. The second-order valence-corrected chi connectivity index (χ2v) is 3.95. The molecule has 0 spiro atoms. The van der Waals surface area contributed by atoms with Crippen LogP contribution in [0.5, 0.6) is 0 Å². The van der Waals surface area contributed by atoms with Gasteiger partial charge in [-0.3, -0.25) is 0 Å². The molecule has 0 saturated heterocycles. The van der Waals surface area contributed by atoms with Crippen molar-refractivity contribution in [1.82, 2.24) is 0 Å². The highest BCUT2D eigenvalue weighted by Gasteiger charge is 2.05. The van der Waals surface area contributed by atoms with E-state index in [-0.39, 0.29) is 5.82 Å². The summed E-state index contributed by atoms with van der Waals surface area (Å²) in [5.74, 6) is -0.271. The van der Waals surface area contributed by atoms with Crippen LogP contribution in [-0.4, -0.2) is 0 Å². The average molecular weight is 236 g/mol. The molecule has 0 aliphatic heterocycles. The number of hydrogen-bond acceptors (Lipinski definition) is 1. The van der Waals surface area contributed by atoms with E-state index in [1.807, 2.05) is 12.1 Å². The lowest BCUT2D eigenvalue weighted by molar-refractivity contribution is 0.627. The normalized spacial score (nSPS) is 10.4. The van der Waals surface area contributed by atoms with Gasteiger partial charge in [0.2, 0.25) is 0 Å². The van der Waals surface area contributed by atoms with Crippen LogP contribution < -0.4 is 5.73 Å². The summed E-state index contributed by atoms with van der Waals surface area (Å²) in [6.07, 6.45) is 0. The number of benzene rings is 2. The maximum Gasteiger partial charge on any atom is 0.123 e. The van der Waals surface area contributed by atoms with Gasteiger partial charge in [0.25, 0.3) is 0 Å². The van der Waals surface area contributed by atoms with Crippen molar-refractivity contribution >= 4 is 11.6 Å². The summed E-state index contributed by atoms with van der Waals surface area (Å²) < 4.78 is 13.2. The Morgan fingerprint density at radius 2 is 1.94 bits per heavy atom. The Bertz CT molecular complexity index is 511. The molecule has 2 rings (SSSR count). The Kier molecular flexibility index (Phi) is 3.22. The molecule has 0 aliphatic rings. The predicted octanol–water partition coefficient (Wildman–Crippen LogP) is 3.60. The number of nitrogens with two attached hydrogens (primary N) is 1. The second-order valence-electron chi connectivity index (χ2n) is 3.52. The van der Waals surface area contributed by atoms with Gasteiger partial charge in [0.05, 0.1) is 0 Å². The van der Waals surface area contributed by atoms with E-state index in [1.54, 1.807) is 18.2 Å². The van der Waals surface area contributed by atoms with E-state index < -0.39 is 0 Å². The van der Waals surface area contributed by atoms with Crippen LogP contribution in [0.4, 0.5) is 4.39 Å². The van der Waals surface area contributed by atoms with Gasteiger partial charge in [-0.05, 0) is 41.0 Å². The third-order valence-corrected chi connectivity index (χ3v) is 2.66. The first-order valence-electron chi connectivity index (χ1n) is 4.95. The predicted molar refractivity (Wildman–Crippen MR) is 64.7 cm³/mol. The Hall–Kier alpha value is -1.38. The van der Waals surface area contributed by atoms with Gasteiger partial charge in [0.1, 0.15) is 5.82 Å². The Balaban J connectivity index is 2.58. The van der Waals surface area contributed by atoms with Crippen molar-refractivity contribution in [2.45, 2.75) is 6.54 Å². The van der Waals surface area contributed by atoms with Crippen LogP contribution in [0.2, 0.25) is 5.02 Å². The summed E-state index contributed by atoms with van der Waals surface area (Å²) in [7, 11) is 0. The first kappa shape index (κ1) is 11.1. The van der Waals surface area contributed by atoms with Crippen molar-refractivity contribution < 1.29 is 4.39 Å². The maximum atomic E-state index is 13.2. The van der Waals surface area contributed by atoms with Crippen molar-refractivity contribution in [3.05, 3.63) is 58.9 Å². The minimum absolute atomic E-state index is 0.271. The standard InChI is InChI=1S/C13H11ClFN/c14-11-3-1-2-9(6-11)13-7-12(15)5-4-10(13)8-16/h1-7H,8,16H2. The molecule has 0 unspecified atom stereocenters. The topological polar surface area (TPSA) is 26.0 Å². The molecule has 0 amide bonds. The van der Waals surface area contributed by atoms with Gasteiger partial charge in [-0.25, -0.2) is 4.39 Å². The summed E-state index contributed by atoms with van der Waals surface area (Å²) in [6, 6.07) is 11.9. The van der Waals surface area contributed by atoms with Gasteiger partial charge >= 0.3 is 0 Å². The zero-order valence-corrected chi connectivity index (χ0v) is 9.34. The average Bonchev–Trinajstić information content (AvgIpc) is 2.29. The molecule has 0 bridgehead atoms. The Morgan fingerprint density at radius 3 is 2.62 bits per heavy atom. The molecule has 16 heavy (non-hydrogen) atoms. The summed E-state index contributed by atoms with van der Waals surface area (Å²) in [4.78, 5) is 0. The van der Waals surface area contributed by atoms with Crippen molar-refractivity contribution in [2.24, 2.45) is 5.73 Å². The lowest BCUT2D eigenvalue weighted by Crippen LogP contribution is -1.99. The smallest absolute Gasteiger partial charge is 0.123 e. The van der Waals surface area contributed by atoms with E-state index in [0.29, 0.717) is 11.6 Å². The van der Waals surface area contributed by atoms with E-state index in [4.69, 9.17) is 17.3 Å². The molecule has 2 aromatic rings. The van der Waals surface area contributed by atoms with Crippen molar-refractivity contribution in [3.8, 4) is 11.1 Å². The van der Waals surface area contributed by atoms with E-state index in [2.05, 4.69) is 0 Å². The molecular weight excluding hydrogens is 225 g/mol. The first-order valence-corrected chi connectivity index (χ1v) is 5.33. The van der Waals surface area contributed by atoms with Gasteiger partial charge in [-0.2, -0.15) is 0 Å². The number of hydrogen-bond donors (Lipinski definition) is 1. The van der Waals surface area contributed by atoms with E-state index in [9.17, 15) is 4.39 Å². The SMILES string of the molecule is NCc1ccc(F)cc1-c1cccc(Cl)c1. The minimum Gasteiger partial charge on any atom is -0.326 e. The monoisotopic (exact) mass is 235 g/mol. The fourth-order valence-corrected chi connectivity index (χ4v) is 1.84. The highest BCUT2D eigenvalue weighted by Crippen LogP contribution is 2.26. The third-order valence-electron chi connectivity index (χ3n) is 2.43. The second kappa shape index (κ2) is 4.64.